The Kier molecular flexibility index (Phi) is 5.75. The lowest BCUT2D eigenvalue weighted by molar-refractivity contribution is -0.145. The van der Waals surface area contributed by atoms with Gasteiger partial charge in [-0.15, -0.1) is 0 Å². The molecule has 1 saturated carbocycles. The molecule has 0 aromatic carbocycles. The summed E-state index contributed by atoms with van der Waals surface area (Å²) in [6.45, 7) is 4.73. The first-order valence-electron chi connectivity index (χ1n) is 7.06. The number of nitrogens with one attached hydrogen (secondary N) is 2. The van der Waals surface area contributed by atoms with Crippen LogP contribution in [0.5, 0.6) is 0 Å². The topological polar surface area (TPSA) is 113 Å². The second-order valence-electron chi connectivity index (χ2n) is 6.31. The van der Waals surface area contributed by atoms with E-state index in [2.05, 4.69) is 17.0 Å². The Morgan fingerprint density at radius 1 is 1.19 bits per heavy atom. The predicted octanol–water partition coefficient (Wildman–Crippen LogP) is 0.464. The van der Waals surface area contributed by atoms with Crippen LogP contribution < -0.4 is 10.0 Å². The molecule has 0 heterocycles. The number of carboxylic acids is 1. The van der Waals surface area contributed by atoms with Gasteiger partial charge in [-0.1, -0.05) is 6.92 Å². The van der Waals surface area contributed by atoms with E-state index in [1.807, 2.05) is 0 Å². The molecule has 0 aliphatic heterocycles. The maximum absolute atomic E-state index is 11.9. The minimum absolute atomic E-state index is 0.133. The third-order valence-corrected chi connectivity index (χ3v) is 5.00. The third-order valence-electron chi connectivity index (χ3n) is 3.67. The van der Waals surface area contributed by atoms with Crippen molar-refractivity contribution >= 4 is 21.9 Å². The Hall–Kier alpha value is -1.15. The van der Waals surface area contributed by atoms with Gasteiger partial charge in [0.25, 0.3) is 0 Å². The number of rotatable bonds is 6. The number of carboxylic acid groups (broad SMARTS) is 1. The van der Waals surface area contributed by atoms with Gasteiger partial charge >= 0.3 is 5.97 Å². The summed E-state index contributed by atoms with van der Waals surface area (Å²) in [5, 5.41) is 11.1. The van der Waals surface area contributed by atoms with Crippen molar-refractivity contribution in [3.8, 4) is 0 Å². The Bertz CT molecular complexity index is 493. The SMILES string of the molecule is CC1CCC(NS(=O)(=O)CC(=O)NC(C)(C)C(=O)O)CC1. The van der Waals surface area contributed by atoms with Gasteiger partial charge in [0.15, 0.2) is 0 Å². The minimum Gasteiger partial charge on any atom is -0.480 e. The highest BCUT2D eigenvalue weighted by Gasteiger charge is 2.31. The number of carbonyl (C=O) groups is 2. The highest BCUT2D eigenvalue weighted by atomic mass is 32.2. The number of aliphatic carboxylic acids is 1. The molecule has 0 aromatic heterocycles. The van der Waals surface area contributed by atoms with Crippen molar-refractivity contribution in [2.24, 2.45) is 5.92 Å². The van der Waals surface area contributed by atoms with Crippen LogP contribution in [0.3, 0.4) is 0 Å². The quantitative estimate of drug-likeness (QED) is 0.658. The average Bonchev–Trinajstić information content (AvgIpc) is 2.29. The van der Waals surface area contributed by atoms with Crippen molar-refractivity contribution < 1.29 is 23.1 Å². The number of hydrogen-bond acceptors (Lipinski definition) is 4. The second-order valence-corrected chi connectivity index (χ2v) is 8.07. The Morgan fingerprint density at radius 3 is 2.19 bits per heavy atom. The van der Waals surface area contributed by atoms with Crippen LogP contribution in [0, 0.1) is 5.92 Å². The first-order valence-corrected chi connectivity index (χ1v) is 8.71. The summed E-state index contributed by atoms with van der Waals surface area (Å²) in [5.74, 6) is -2.19. The number of sulfonamides is 1. The molecule has 0 radical (unpaired) electrons. The molecule has 1 aliphatic rings. The van der Waals surface area contributed by atoms with Crippen LogP contribution in [0.1, 0.15) is 46.5 Å². The molecule has 3 N–H and O–H groups in total. The largest absolute Gasteiger partial charge is 0.480 e. The van der Waals surface area contributed by atoms with E-state index in [0.29, 0.717) is 5.92 Å². The van der Waals surface area contributed by atoms with Gasteiger partial charge in [-0.3, -0.25) is 4.79 Å². The lowest BCUT2D eigenvalue weighted by Crippen LogP contribution is -2.52. The maximum Gasteiger partial charge on any atom is 0.328 e. The highest BCUT2D eigenvalue weighted by molar-refractivity contribution is 7.90. The fourth-order valence-corrected chi connectivity index (χ4v) is 3.53. The zero-order valence-corrected chi connectivity index (χ0v) is 13.5. The molecule has 8 heteroatoms. The van der Waals surface area contributed by atoms with Gasteiger partial charge < -0.3 is 10.4 Å². The van der Waals surface area contributed by atoms with Crippen LogP contribution in [0.15, 0.2) is 0 Å². The van der Waals surface area contributed by atoms with E-state index in [9.17, 15) is 18.0 Å². The summed E-state index contributed by atoms with van der Waals surface area (Å²) < 4.78 is 26.4. The fourth-order valence-electron chi connectivity index (χ4n) is 2.28. The van der Waals surface area contributed by atoms with Gasteiger partial charge in [-0.05, 0) is 45.4 Å². The van der Waals surface area contributed by atoms with Gasteiger partial charge in [0.05, 0.1) is 0 Å². The molecular formula is C13H24N2O5S. The lowest BCUT2D eigenvalue weighted by atomic mass is 9.88. The van der Waals surface area contributed by atoms with Gasteiger partial charge in [0.1, 0.15) is 11.3 Å². The van der Waals surface area contributed by atoms with E-state index in [1.165, 1.54) is 13.8 Å². The van der Waals surface area contributed by atoms with E-state index < -0.39 is 33.2 Å². The van der Waals surface area contributed by atoms with Crippen molar-refractivity contribution in [3.05, 3.63) is 0 Å². The minimum atomic E-state index is -3.75. The highest BCUT2D eigenvalue weighted by Crippen LogP contribution is 2.23. The van der Waals surface area contributed by atoms with E-state index in [1.54, 1.807) is 0 Å². The summed E-state index contributed by atoms with van der Waals surface area (Å²) in [5.41, 5.74) is -1.49. The van der Waals surface area contributed by atoms with E-state index in [4.69, 9.17) is 5.11 Å². The van der Waals surface area contributed by atoms with Crippen molar-refractivity contribution in [2.75, 3.05) is 5.75 Å². The number of hydrogen-bond donors (Lipinski definition) is 3. The Morgan fingerprint density at radius 2 is 1.71 bits per heavy atom. The molecule has 0 atom stereocenters. The molecule has 0 aromatic rings. The molecule has 0 bridgehead atoms. The Labute approximate surface area is 125 Å². The lowest BCUT2D eigenvalue weighted by Gasteiger charge is -2.27. The van der Waals surface area contributed by atoms with Gasteiger partial charge in [0.2, 0.25) is 15.9 Å². The molecular weight excluding hydrogens is 296 g/mol. The molecule has 122 valence electrons. The van der Waals surface area contributed by atoms with Crippen molar-refractivity contribution in [3.63, 3.8) is 0 Å². The summed E-state index contributed by atoms with van der Waals surface area (Å²) >= 11 is 0. The summed E-state index contributed by atoms with van der Waals surface area (Å²) in [7, 11) is -3.75. The summed E-state index contributed by atoms with van der Waals surface area (Å²) in [6, 6.07) is -0.133. The zero-order chi connectivity index (χ0) is 16.3. The summed E-state index contributed by atoms with van der Waals surface area (Å²) in [6.07, 6.45) is 3.46. The molecule has 0 spiro atoms. The summed E-state index contributed by atoms with van der Waals surface area (Å²) in [4.78, 5) is 22.6. The van der Waals surface area contributed by atoms with Crippen LogP contribution in [0.2, 0.25) is 0 Å². The van der Waals surface area contributed by atoms with E-state index in [0.717, 1.165) is 25.7 Å². The number of amides is 1. The van der Waals surface area contributed by atoms with E-state index >= 15 is 0 Å². The molecule has 0 unspecified atom stereocenters. The molecule has 1 fully saturated rings. The van der Waals surface area contributed by atoms with Crippen LogP contribution in [0.4, 0.5) is 0 Å². The first kappa shape index (κ1) is 17.9. The van der Waals surface area contributed by atoms with E-state index in [-0.39, 0.29) is 6.04 Å². The van der Waals surface area contributed by atoms with Crippen LogP contribution in [-0.4, -0.2) is 42.7 Å². The molecule has 7 nitrogen and oxygen atoms in total. The third kappa shape index (κ3) is 6.01. The second kappa shape index (κ2) is 6.74. The average molecular weight is 320 g/mol. The van der Waals surface area contributed by atoms with Crippen LogP contribution >= 0.6 is 0 Å². The molecule has 1 rings (SSSR count). The molecule has 21 heavy (non-hydrogen) atoms. The van der Waals surface area contributed by atoms with Gasteiger partial charge in [0, 0.05) is 6.04 Å². The molecule has 1 aliphatic carbocycles. The van der Waals surface area contributed by atoms with Crippen molar-refractivity contribution in [1.29, 1.82) is 0 Å². The van der Waals surface area contributed by atoms with Gasteiger partial charge in [-0.25, -0.2) is 17.9 Å². The molecule has 1 amide bonds. The zero-order valence-electron chi connectivity index (χ0n) is 12.7. The predicted molar refractivity (Wildman–Crippen MR) is 78.2 cm³/mol. The van der Waals surface area contributed by atoms with Crippen molar-refractivity contribution in [2.45, 2.75) is 58.0 Å². The van der Waals surface area contributed by atoms with Crippen molar-refractivity contribution in [1.82, 2.24) is 10.0 Å². The molecule has 0 saturated heterocycles. The normalized spacial score (nSPS) is 23.6. The number of carbonyl (C=O) groups excluding carboxylic acids is 1. The maximum atomic E-state index is 11.9. The fraction of sp³-hybridized carbons (Fsp3) is 0.846. The Balaban J connectivity index is 2.52. The van der Waals surface area contributed by atoms with Crippen LogP contribution in [-0.2, 0) is 19.6 Å². The standard InChI is InChI=1S/C13H24N2O5S/c1-9-4-6-10(7-5-9)15-21(19,20)8-11(16)14-13(2,3)12(17)18/h9-10,15H,4-8H2,1-3H3,(H,14,16)(H,17,18). The van der Waals surface area contributed by atoms with Crippen LogP contribution in [0.25, 0.3) is 0 Å². The smallest absolute Gasteiger partial charge is 0.328 e. The van der Waals surface area contributed by atoms with Gasteiger partial charge in [-0.2, -0.15) is 0 Å². The monoisotopic (exact) mass is 320 g/mol. The first-order chi connectivity index (χ1) is 9.52.